The number of likely N-dealkylation sites (N-methyl/N-ethyl adjacent to an activating group) is 1. The molecule has 2 nitrogen and oxygen atoms in total. The Labute approximate surface area is 94.8 Å². The molecule has 0 spiro atoms. The predicted octanol–water partition coefficient (Wildman–Crippen LogP) is 1.69. The van der Waals surface area contributed by atoms with Crippen LogP contribution >= 0.6 is 0 Å². The summed E-state index contributed by atoms with van der Waals surface area (Å²) in [6.07, 6.45) is 0. The highest BCUT2D eigenvalue weighted by Crippen LogP contribution is 2.22. The van der Waals surface area contributed by atoms with Crippen molar-refractivity contribution in [3.63, 3.8) is 0 Å². The van der Waals surface area contributed by atoms with Crippen LogP contribution in [0.3, 0.4) is 0 Å². The van der Waals surface area contributed by atoms with Crippen LogP contribution in [0.25, 0.3) is 0 Å². The van der Waals surface area contributed by atoms with Gasteiger partial charge in [-0.1, -0.05) is 0 Å². The Kier molecular flexibility index (Phi) is 4.83. The van der Waals surface area contributed by atoms with Gasteiger partial charge in [-0.25, -0.2) is 22.0 Å². The van der Waals surface area contributed by atoms with Crippen molar-refractivity contribution in [3.8, 4) is 0 Å². The SMILES string of the molecule is CNCCNCc1c(F)c(F)c(F)c(F)c1F. The van der Waals surface area contributed by atoms with Gasteiger partial charge < -0.3 is 10.6 Å². The molecule has 1 rings (SSSR count). The quantitative estimate of drug-likeness (QED) is 0.361. The van der Waals surface area contributed by atoms with Crippen LogP contribution in [0.15, 0.2) is 0 Å². The summed E-state index contributed by atoms with van der Waals surface area (Å²) in [5.41, 5.74) is -0.850. The number of halogens is 5. The van der Waals surface area contributed by atoms with Crippen molar-refractivity contribution in [2.75, 3.05) is 20.1 Å². The molecule has 1 aromatic carbocycles. The second kappa shape index (κ2) is 5.92. The Balaban J connectivity index is 2.92. The first-order chi connectivity index (χ1) is 8.00. The summed E-state index contributed by atoms with van der Waals surface area (Å²) in [7, 11) is 1.67. The molecule has 2 N–H and O–H groups in total. The van der Waals surface area contributed by atoms with Crippen LogP contribution in [0.2, 0.25) is 0 Å². The minimum atomic E-state index is -2.14. The maximum atomic E-state index is 13.1. The second-order valence-electron chi connectivity index (χ2n) is 3.33. The lowest BCUT2D eigenvalue weighted by atomic mass is 10.1. The maximum absolute atomic E-state index is 13.1. The lowest BCUT2D eigenvalue weighted by molar-refractivity contribution is 0.367. The van der Waals surface area contributed by atoms with Gasteiger partial charge in [-0.05, 0) is 7.05 Å². The van der Waals surface area contributed by atoms with E-state index in [1.165, 1.54) is 0 Å². The highest BCUT2D eigenvalue weighted by molar-refractivity contribution is 5.23. The molecule has 0 radical (unpaired) electrons. The van der Waals surface area contributed by atoms with Crippen molar-refractivity contribution in [2.24, 2.45) is 0 Å². The van der Waals surface area contributed by atoms with E-state index in [9.17, 15) is 22.0 Å². The summed E-state index contributed by atoms with van der Waals surface area (Å²) in [6, 6.07) is 0. The summed E-state index contributed by atoms with van der Waals surface area (Å²) in [6.45, 7) is 0.429. The summed E-state index contributed by atoms with van der Waals surface area (Å²) in [5.74, 6) is -9.57. The van der Waals surface area contributed by atoms with Crippen molar-refractivity contribution in [2.45, 2.75) is 6.54 Å². The first-order valence-corrected chi connectivity index (χ1v) is 4.86. The number of benzene rings is 1. The van der Waals surface area contributed by atoms with Crippen LogP contribution in [0, 0.1) is 29.1 Å². The first-order valence-electron chi connectivity index (χ1n) is 4.86. The van der Waals surface area contributed by atoms with E-state index in [1.807, 2.05) is 0 Å². The molecule has 0 saturated carbocycles. The van der Waals surface area contributed by atoms with Crippen molar-refractivity contribution in [1.82, 2.24) is 10.6 Å². The molecular weight excluding hydrogens is 243 g/mol. The lowest BCUT2D eigenvalue weighted by Crippen LogP contribution is -2.25. The van der Waals surface area contributed by atoms with Gasteiger partial charge in [0.25, 0.3) is 0 Å². The molecular formula is C10H11F5N2. The third-order valence-corrected chi connectivity index (χ3v) is 2.15. The fourth-order valence-corrected chi connectivity index (χ4v) is 1.23. The topological polar surface area (TPSA) is 24.1 Å². The zero-order chi connectivity index (χ0) is 13.0. The molecule has 0 amide bonds. The Hall–Kier alpha value is -1.21. The molecule has 0 heterocycles. The zero-order valence-electron chi connectivity index (χ0n) is 9.01. The van der Waals surface area contributed by atoms with Crippen LogP contribution in [0.1, 0.15) is 5.56 Å². The van der Waals surface area contributed by atoms with E-state index < -0.39 is 41.2 Å². The molecule has 0 aromatic heterocycles. The number of hydrogen-bond donors (Lipinski definition) is 2. The fourth-order valence-electron chi connectivity index (χ4n) is 1.23. The predicted molar refractivity (Wildman–Crippen MR) is 51.9 cm³/mol. The second-order valence-corrected chi connectivity index (χ2v) is 3.33. The van der Waals surface area contributed by atoms with Crippen LogP contribution in [0.5, 0.6) is 0 Å². The normalized spacial score (nSPS) is 10.9. The third kappa shape index (κ3) is 2.92. The molecule has 0 fully saturated rings. The van der Waals surface area contributed by atoms with Gasteiger partial charge in [0.15, 0.2) is 23.3 Å². The van der Waals surface area contributed by atoms with Crippen molar-refractivity contribution in [3.05, 3.63) is 34.6 Å². The summed E-state index contributed by atoms with van der Waals surface area (Å²) < 4.78 is 64.5. The van der Waals surface area contributed by atoms with E-state index in [4.69, 9.17) is 0 Å². The molecule has 0 atom stereocenters. The van der Waals surface area contributed by atoms with E-state index in [-0.39, 0.29) is 0 Å². The van der Waals surface area contributed by atoms with Crippen LogP contribution in [0.4, 0.5) is 22.0 Å². The van der Waals surface area contributed by atoms with Gasteiger partial charge in [0.1, 0.15) is 0 Å². The van der Waals surface area contributed by atoms with Gasteiger partial charge in [0, 0.05) is 25.2 Å². The molecule has 1 aromatic rings. The average Bonchev–Trinajstić information content (AvgIpc) is 2.33. The number of hydrogen-bond acceptors (Lipinski definition) is 2. The number of rotatable bonds is 5. The molecule has 0 aliphatic carbocycles. The third-order valence-electron chi connectivity index (χ3n) is 2.15. The highest BCUT2D eigenvalue weighted by atomic mass is 19.2. The average molecular weight is 254 g/mol. The number of nitrogens with one attached hydrogen (secondary N) is 2. The largest absolute Gasteiger partial charge is 0.318 e. The first kappa shape index (κ1) is 13.9. The van der Waals surface area contributed by atoms with Gasteiger partial charge >= 0.3 is 0 Å². The fraction of sp³-hybridized carbons (Fsp3) is 0.400. The summed E-state index contributed by atoms with van der Waals surface area (Å²) >= 11 is 0. The van der Waals surface area contributed by atoms with Gasteiger partial charge in [-0.15, -0.1) is 0 Å². The van der Waals surface area contributed by atoms with Crippen molar-refractivity contribution >= 4 is 0 Å². The molecule has 96 valence electrons. The van der Waals surface area contributed by atoms with Gasteiger partial charge in [-0.2, -0.15) is 0 Å². The van der Waals surface area contributed by atoms with Crippen molar-refractivity contribution < 1.29 is 22.0 Å². The molecule has 0 aliphatic heterocycles. The van der Waals surface area contributed by atoms with Crippen LogP contribution in [-0.2, 0) is 6.54 Å². The minimum Gasteiger partial charge on any atom is -0.318 e. The van der Waals surface area contributed by atoms with E-state index in [0.29, 0.717) is 13.1 Å². The molecule has 0 unspecified atom stereocenters. The van der Waals surface area contributed by atoms with Crippen LogP contribution in [-0.4, -0.2) is 20.1 Å². The van der Waals surface area contributed by atoms with Gasteiger partial charge in [-0.3, -0.25) is 0 Å². The molecule has 7 heteroatoms. The molecule has 0 aliphatic rings. The van der Waals surface area contributed by atoms with E-state index >= 15 is 0 Å². The Morgan fingerprint density at radius 1 is 0.765 bits per heavy atom. The Bertz CT molecular complexity index is 379. The molecule has 0 saturated heterocycles. The highest BCUT2D eigenvalue weighted by Gasteiger charge is 2.24. The standard InChI is InChI=1S/C10H11F5N2/c1-16-2-3-17-4-5-6(11)8(13)10(15)9(14)7(5)12/h16-17H,2-4H2,1H3. The zero-order valence-corrected chi connectivity index (χ0v) is 9.01. The monoisotopic (exact) mass is 254 g/mol. The van der Waals surface area contributed by atoms with Crippen LogP contribution < -0.4 is 10.6 Å². The van der Waals surface area contributed by atoms with E-state index in [0.717, 1.165) is 0 Å². The summed E-state index contributed by atoms with van der Waals surface area (Å²) in [4.78, 5) is 0. The van der Waals surface area contributed by atoms with Gasteiger partial charge in [0.05, 0.1) is 0 Å². The minimum absolute atomic E-state index is 0.343. The molecule has 17 heavy (non-hydrogen) atoms. The maximum Gasteiger partial charge on any atom is 0.200 e. The molecule has 0 bridgehead atoms. The van der Waals surface area contributed by atoms with Gasteiger partial charge in [0.2, 0.25) is 5.82 Å². The lowest BCUT2D eigenvalue weighted by Gasteiger charge is -2.09. The Morgan fingerprint density at radius 2 is 1.24 bits per heavy atom. The van der Waals surface area contributed by atoms with E-state index in [2.05, 4.69) is 10.6 Å². The smallest absolute Gasteiger partial charge is 0.200 e. The van der Waals surface area contributed by atoms with E-state index in [1.54, 1.807) is 7.05 Å². The van der Waals surface area contributed by atoms with Crippen molar-refractivity contribution in [1.29, 1.82) is 0 Å². The summed E-state index contributed by atoms with van der Waals surface area (Å²) in [5, 5.41) is 5.32. The Morgan fingerprint density at radius 3 is 1.71 bits per heavy atom.